The Morgan fingerprint density at radius 2 is 2.08 bits per heavy atom. The van der Waals surface area contributed by atoms with E-state index in [2.05, 4.69) is 48.2 Å². The van der Waals surface area contributed by atoms with Gasteiger partial charge in [-0.25, -0.2) is 0 Å². The van der Waals surface area contributed by atoms with Crippen LogP contribution >= 0.6 is 0 Å². The van der Waals surface area contributed by atoms with Crippen molar-refractivity contribution >= 4 is 0 Å². The summed E-state index contributed by atoms with van der Waals surface area (Å²) in [5, 5.41) is 0. The fourth-order valence-electron chi connectivity index (χ4n) is 1.38. The number of rotatable bonds is 5. The van der Waals surface area contributed by atoms with Gasteiger partial charge in [0.15, 0.2) is 0 Å². The molecule has 1 heterocycles. The summed E-state index contributed by atoms with van der Waals surface area (Å²) in [4.78, 5) is 4.68. The predicted molar refractivity (Wildman–Crippen MR) is 57.1 cm³/mol. The fourth-order valence-corrected chi connectivity index (χ4v) is 1.38. The van der Waals surface area contributed by atoms with Gasteiger partial charge >= 0.3 is 0 Å². The molecule has 0 saturated carbocycles. The van der Waals surface area contributed by atoms with Crippen molar-refractivity contribution in [1.29, 1.82) is 0 Å². The van der Waals surface area contributed by atoms with E-state index in [0.29, 0.717) is 0 Å². The first-order chi connectivity index (χ1) is 6.36. The summed E-state index contributed by atoms with van der Waals surface area (Å²) < 4.78 is 0. The summed E-state index contributed by atoms with van der Waals surface area (Å²) in [7, 11) is 0. The van der Waals surface area contributed by atoms with Crippen LogP contribution in [0.1, 0.15) is 26.7 Å². The van der Waals surface area contributed by atoms with Crippen molar-refractivity contribution in [3.63, 3.8) is 0 Å². The Bertz CT molecular complexity index is 185. The minimum absolute atomic E-state index is 1.04. The third-order valence-electron chi connectivity index (χ3n) is 2.23. The van der Waals surface area contributed by atoms with Crippen LogP contribution in [0.4, 0.5) is 0 Å². The van der Waals surface area contributed by atoms with Gasteiger partial charge in [0.1, 0.15) is 0 Å². The van der Waals surface area contributed by atoms with E-state index in [9.17, 15) is 0 Å². The van der Waals surface area contributed by atoms with Crippen LogP contribution in [-0.2, 0) is 0 Å². The molecular weight excluding hydrogens is 160 g/mol. The molecule has 0 aromatic rings. The predicted octanol–water partition coefficient (Wildman–Crippen LogP) is 2.41. The molecule has 0 aliphatic carbocycles. The van der Waals surface area contributed by atoms with Crippen molar-refractivity contribution < 1.29 is 0 Å². The maximum Gasteiger partial charge on any atom is 0.0896 e. The zero-order valence-electron chi connectivity index (χ0n) is 8.74. The average Bonchev–Trinajstić information content (AvgIpc) is 2.59. The smallest absolute Gasteiger partial charge is 0.0896 e. The van der Waals surface area contributed by atoms with E-state index >= 15 is 0 Å². The summed E-state index contributed by atoms with van der Waals surface area (Å²) in [6.45, 7) is 7.59. The molecule has 1 aliphatic heterocycles. The quantitative estimate of drug-likeness (QED) is 0.599. The van der Waals surface area contributed by atoms with Crippen molar-refractivity contribution in [2.75, 3.05) is 19.8 Å². The van der Waals surface area contributed by atoms with Crippen LogP contribution in [0, 0.1) is 0 Å². The third-order valence-corrected chi connectivity index (χ3v) is 2.23. The second kappa shape index (κ2) is 5.68. The van der Waals surface area contributed by atoms with Gasteiger partial charge in [-0.2, -0.15) is 0 Å². The lowest BCUT2D eigenvalue weighted by atomic mass is 10.3. The Balaban J connectivity index is 2.17. The van der Waals surface area contributed by atoms with Gasteiger partial charge in [0, 0.05) is 25.5 Å². The summed E-state index contributed by atoms with van der Waals surface area (Å²) >= 11 is 0. The Morgan fingerprint density at radius 1 is 1.31 bits per heavy atom. The monoisotopic (exact) mass is 180 g/mol. The molecule has 0 saturated heterocycles. The molecule has 0 fully saturated rings. The van der Waals surface area contributed by atoms with E-state index in [4.69, 9.17) is 0 Å². The van der Waals surface area contributed by atoms with Crippen molar-refractivity contribution in [1.82, 2.24) is 9.80 Å². The molecule has 0 atom stereocenters. The van der Waals surface area contributed by atoms with Gasteiger partial charge in [-0.15, -0.1) is 0 Å². The molecule has 2 heteroatoms. The number of unbranched alkanes of at least 4 members (excludes halogenated alkanes) is 1. The van der Waals surface area contributed by atoms with Crippen LogP contribution < -0.4 is 0 Å². The van der Waals surface area contributed by atoms with Crippen molar-refractivity contribution in [2.45, 2.75) is 26.7 Å². The summed E-state index contributed by atoms with van der Waals surface area (Å²) in [6, 6.07) is 0. The van der Waals surface area contributed by atoms with Gasteiger partial charge in [-0.3, -0.25) is 0 Å². The lowest BCUT2D eigenvalue weighted by Gasteiger charge is -2.19. The molecule has 0 unspecified atom stereocenters. The van der Waals surface area contributed by atoms with Gasteiger partial charge in [0.25, 0.3) is 0 Å². The average molecular weight is 180 g/mol. The summed E-state index contributed by atoms with van der Waals surface area (Å²) in [5.41, 5.74) is 0. The Labute approximate surface area is 81.5 Å². The van der Waals surface area contributed by atoms with Crippen LogP contribution in [0.2, 0.25) is 0 Å². The highest BCUT2D eigenvalue weighted by Gasteiger charge is 2.08. The topological polar surface area (TPSA) is 6.48 Å². The fraction of sp³-hybridized carbons (Fsp3) is 0.636. The van der Waals surface area contributed by atoms with Gasteiger partial charge in [0.05, 0.1) is 6.67 Å². The maximum absolute atomic E-state index is 2.37. The largest absolute Gasteiger partial charge is 0.359 e. The molecule has 0 aromatic carbocycles. The first-order valence-corrected chi connectivity index (χ1v) is 5.14. The highest BCUT2D eigenvalue weighted by atomic mass is 15.3. The second-order valence-electron chi connectivity index (χ2n) is 3.45. The lowest BCUT2D eigenvalue weighted by Crippen LogP contribution is -2.26. The maximum atomic E-state index is 2.37. The van der Waals surface area contributed by atoms with Crippen LogP contribution in [0.15, 0.2) is 24.6 Å². The van der Waals surface area contributed by atoms with Crippen LogP contribution in [0.3, 0.4) is 0 Å². The van der Waals surface area contributed by atoms with Crippen molar-refractivity contribution in [2.24, 2.45) is 0 Å². The number of nitrogens with zero attached hydrogens (tertiary/aromatic N) is 2. The Hall–Kier alpha value is -0.920. The van der Waals surface area contributed by atoms with E-state index in [1.807, 2.05) is 0 Å². The van der Waals surface area contributed by atoms with E-state index in [1.54, 1.807) is 0 Å². The van der Waals surface area contributed by atoms with Gasteiger partial charge in [0.2, 0.25) is 0 Å². The minimum Gasteiger partial charge on any atom is -0.359 e. The van der Waals surface area contributed by atoms with Crippen LogP contribution in [0.25, 0.3) is 0 Å². The Kier molecular flexibility index (Phi) is 4.44. The molecule has 0 aromatic heterocycles. The molecule has 0 radical (unpaired) electrons. The molecule has 2 nitrogen and oxygen atoms in total. The zero-order chi connectivity index (χ0) is 9.52. The molecular formula is C11H20N2. The van der Waals surface area contributed by atoms with Gasteiger partial charge in [-0.05, 0) is 13.3 Å². The molecule has 0 N–H and O–H groups in total. The normalized spacial score (nSPS) is 16.5. The molecule has 1 rings (SSSR count). The molecule has 0 bridgehead atoms. The first-order valence-electron chi connectivity index (χ1n) is 5.14. The lowest BCUT2D eigenvalue weighted by molar-refractivity contribution is 0.278. The zero-order valence-corrected chi connectivity index (χ0v) is 8.74. The van der Waals surface area contributed by atoms with Gasteiger partial charge < -0.3 is 9.80 Å². The SMILES string of the molecule is CC=CCN1C=CN(CCCC)C1. The number of hydrogen-bond donors (Lipinski definition) is 0. The number of hydrogen-bond acceptors (Lipinski definition) is 2. The summed E-state index contributed by atoms with van der Waals surface area (Å²) in [5.74, 6) is 0. The second-order valence-corrected chi connectivity index (χ2v) is 3.45. The third kappa shape index (κ3) is 3.53. The van der Waals surface area contributed by atoms with E-state index < -0.39 is 0 Å². The molecule has 1 aliphatic rings. The molecule has 0 spiro atoms. The molecule has 13 heavy (non-hydrogen) atoms. The summed E-state index contributed by atoms with van der Waals surface area (Å²) in [6.07, 6.45) is 11.2. The minimum atomic E-state index is 1.04. The first kappa shape index (κ1) is 10.2. The van der Waals surface area contributed by atoms with Crippen molar-refractivity contribution in [3.8, 4) is 0 Å². The van der Waals surface area contributed by atoms with Crippen LogP contribution in [-0.4, -0.2) is 29.6 Å². The van der Waals surface area contributed by atoms with Gasteiger partial charge in [-0.1, -0.05) is 25.5 Å². The number of allylic oxidation sites excluding steroid dienone is 1. The van der Waals surface area contributed by atoms with E-state index in [1.165, 1.54) is 19.4 Å². The van der Waals surface area contributed by atoms with E-state index in [-0.39, 0.29) is 0 Å². The molecule has 74 valence electrons. The standard InChI is InChI=1S/C11H20N2/c1-3-5-7-12-9-10-13(11-12)8-6-4-2/h3,5,9-10H,4,6-8,11H2,1-2H3. The van der Waals surface area contributed by atoms with Crippen molar-refractivity contribution in [3.05, 3.63) is 24.6 Å². The highest BCUT2D eigenvalue weighted by Crippen LogP contribution is 2.07. The van der Waals surface area contributed by atoms with Crippen LogP contribution in [0.5, 0.6) is 0 Å². The highest BCUT2D eigenvalue weighted by molar-refractivity contribution is 4.94. The Morgan fingerprint density at radius 3 is 2.77 bits per heavy atom. The molecule has 0 amide bonds. The van der Waals surface area contributed by atoms with E-state index in [0.717, 1.165) is 13.2 Å².